The molecule has 0 aliphatic heterocycles. The van der Waals surface area contributed by atoms with E-state index in [9.17, 15) is 4.79 Å². The van der Waals surface area contributed by atoms with Gasteiger partial charge in [0.2, 0.25) is 0 Å². The number of rotatable bonds is 7. The van der Waals surface area contributed by atoms with Crippen LogP contribution in [0.4, 0.5) is 0 Å². The zero-order valence-electron chi connectivity index (χ0n) is 11.3. The molecule has 0 saturated carbocycles. The molecule has 0 atom stereocenters. The zero-order chi connectivity index (χ0) is 13.5. The van der Waals surface area contributed by atoms with E-state index in [1.54, 1.807) is 7.11 Å². The Balaban J connectivity index is 2.93. The topological polar surface area (TPSA) is 26.3 Å². The van der Waals surface area contributed by atoms with E-state index in [-0.39, 0.29) is 11.7 Å². The monoisotopic (exact) mass is 312 g/mol. The number of hydrogen-bond acceptors (Lipinski definition) is 2. The number of benzene rings is 1. The third-order valence-electron chi connectivity index (χ3n) is 3.09. The summed E-state index contributed by atoms with van der Waals surface area (Å²) in [5.41, 5.74) is 0.766. The van der Waals surface area contributed by atoms with Gasteiger partial charge in [-0.05, 0) is 47.0 Å². The summed E-state index contributed by atoms with van der Waals surface area (Å²) in [7, 11) is 1.63. The first kappa shape index (κ1) is 15.2. The largest absolute Gasteiger partial charge is 0.497 e. The van der Waals surface area contributed by atoms with Crippen LogP contribution in [0.1, 0.15) is 49.9 Å². The smallest absolute Gasteiger partial charge is 0.167 e. The molecule has 0 unspecified atom stereocenters. The van der Waals surface area contributed by atoms with Gasteiger partial charge >= 0.3 is 0 Å². The van der Waals surface area contributed by atoms with E-state index in [2.05, 4.69) is 29.8 Å². The molecule has 0 fully saturated rings. The van der Waals surface area contributed by atoms with Gasteiger partial charge in [0.1, 0.15) is 5.75 Å². The van der Waals surface area contributed by atoms with E-state index in [1.807, 2.05) is 18.2 Å². The second-order valence-corrected chi connectivity index (χ2v) is 5.34. The van der Waals surface area contributed by atoms with Crippen molar-refractivity contribution in [2.24, 2.45) is 5.92 Å². The molecule has 18 heavy (non-hydrogen) atoms. The Kier molecular flexibility index (Phi) is 6.41. The second kappa shape index (κ2) is 7.57. The molecule has 1 rings (SSSR count). The van der Waals surface area contributed by atoms with Crippen LogP contribution in [0.25, 0.3) is 0 Å². The Morgan fingerprint density at radius 1 is 1.28 bits per heavy atom. The normalized spacial score (nSPS) is 10.7. The molecular weight excluding hydrogens is 292 g/mol. The molecule has 0 aliphatic rings. The number of halogens is 1. The van der Waals surface area contributed by atoms with Gasteiger partial charge in [0.15, 0.2) is 5.78 Å². The van der Waals surface area contributed by atoms with E-state index < -0.39 is 0 Å². The van der Waals surface area contributed by atoms with Gasteiger partial charge in [0.25, 0.3) is 0 Å². The number of methoxy groups -OCH3 is 1. The summed E-state index contributed by atoms with van der Waals surface area (Å²) in [6.45, 7) is 4.25. The van der Waals surface area contributed by atoms with Crippen LogP contribution in [0.15, 0.2) is 22.7 Å². The first-order valence-electron chi connectivity index (χ1n) is 6.51. The molecule has 3 heteroatoms. The van der Waals surface area contributed by atoms with E-state index >= 15 is 0 Å². The Labute approximate surface area is 118 Å². The lowest BCUT2D eigenvalue weighted by Crippen LogP contribution is -2.15. The van der Waals surface area contributed by atoms with Gasteiger partial charge < -0.3 is 4.74 Å². The Bertz CT molecular complexity index is 395. The lowest BCUT2D eigenvalue weighted by Gasteiger charge is -2.15. The number of ketones is 1. The highest BCUT2D eigenvalue weighted by molar-refractivity contribution is 9.10. The predicted octanol–water partition coefficient (Wildman–Crippen LogP) is 4.86. The van der Waals surface area contributed by atoms with Crippen LogP contribution >= 0.6 is 15.9 Å². The highest BCUT2D eigenvalue weighted by Gasteiger charge is 2.20. The van der Waals surface area contributed by atoms with Crippen LogP contribution in [0.3, 0.4) is 0 Å². The average molecular weight is 313 g/mol. The number of carbonyl (C=O) groups excluding carboxylic acids is 1. The Morgan fingerprint density at radius 3 is 2.33 bits per heavy atom. The fraction of sp³-hybridized carbons (Fsp3) is 0.533. The van der Waals surface area contributed by atoms with Gasteiger partial charge in [-0.1, -0.05) is 26.7 Å². The van der Waals surface area contributed by atoms with E-state index in [0.29, 0.717) is 0 Å². The summed E-state index contributed by atoms with van der Waals surface area (Å²) in [4.78, 5) is 12.5. The van der Waals surface area contributed by atoms with Crippen LogP contribution in [-0.4, -0.2) is 12.9 Å². The summed E-state index contributed by atoms with van der Waals surface area (Å²) in [6, 6.07) is 5.54. The van der Waals surface area contributed by atoms with Gasteiger partial charge in [0.05, 0.1) is 7.11 Å². The van der Waals surface area contributed by atoms with E-state index in [4.69, 9.17) is 4.74 Å². The maximum Gasteiger partial charge on any atom is 0.167 e. The van der Waals surface area contributed by atoms with Crippen LogP contribution in [0, 0.1) is 5.92 Å². The fourth-order valence-corrected chi connectivity index (χ4v) is 2.70. The molecule has 0 heterocycles. The van der Waals surface area contributed by atoms with Gasteiger partial charge in [-0.15, -0.1) is 0 Å². The molecule has 1 aromatic rings. The van der Waals surface area contributed by atoms with Crippen LogP contribution < -0.4 is 4.74 Å². The first-order valence-corrected chi connectivity index (χ1v) is 7.31. The summed E-state index contributed by atoms with van der Waals surface area (Å²) in [5, 5.41) is 0. The molecule has 0 aliphatic carbocycles. The molecule has 0 N–H and O–H groups in total. The maximum absolute atomic E-state index is 12.5. The molecule has 0 aromatic heterocycles. The molecule has 1 aromatic carbocycles. The van der Waals surface area contributed by atoms with E-state index in [1.165, 1.54) is 0 Å². The summed E-state index contributed by atoms with van der Waals surface area (Å²) < 4.78 is 5.97. The molecule has 0 amide bonds. The number of Topliss-reactive ketones (excluding diaryl/α,β-unsaturated/α-hetero) is 1. The van der Waals surface area contributed by atoms with Crippen molar-refractivity contribution in [2.75, 3.05) is 7.11 Å². The summed E-state index contributed by atoms with van der Waals surface area (Å²) >= 11 is 3.46. The van der Waals surface area contributed by atoms with Crippen LogP contribution in [-0.2, 0) is 0 Å². The quantitative estimate of drug-likeness (QED) is 0.672. The minimum absolute atomic E-state index is 0.143. The molecule has 0 bridgehead atoms. The highest BCUT2D eigenvalue weighted by atomic mass is 79.9. The molecule has 100 valence electrons. The second-order valence-electron chi connectivity index (χ2n) is 4.48. The van der Waals surface area contributed by atoms with Crippen molar-refractivity contribution in [3.63, 3.8) is 0 Å². The molecule has 0 spiro atoms. The SMILES string of the molecule is CCCC(CCC)C(=O)c1ccc(OC)cc1Br. The molecular formula is C15H21BrO2. The predicted molar refractivity (Wildman–Crippen MR) is 78.3 cm³/mol. The molecule has 0 radical (unpaired) electrons. The maximum atomic E-state index is 12.5. The lowest BCUT2D eigenvalue weighted by atomic mass is 9.90. The first-order chi connectivity index (χ1) is 8.63. The molecule has 0 saturated heterocycles. The third-order valence-corrected chi connectivity index (χ3v) is 3.74. The number of ether oxygens (including phenoxy) is 1. The Hall–Kier alpha value is -0.830. The van der Waals surface area contributed by atoms with Crippen molar-refractivity contribution >= 4 is 21.7 Å². The minimum atomic E-state index is 0.143. The van der Waals surface area contributed by atoms with Gasteiger partial charge in [-0.25, -0.2) is 0 Å². The fourth-order valence-electron chi connectivity index (χ4n) is 2.15. The van der Waals surface area contributed by atoms with Gasteiger partial charge in [-0.2, -0.15) is 0 Å². The number of carbonyl (C=O) groups is 1. The lowest BCUT2D eigenvalue weighted by molar-refractivity contribution is 0.0904. The zero-order valence-corrected chi connectivity index (χ0v) is 12.9. The van der Waals surface area contributed by atoms with Crippen molar-refractivity contribution in [3.8, 4) is 5.75 Å². The van der Waals surface area contributed by atoms with Crippen LogP contribution in [0.5, 0.6) is 5.75 Å². The third kappa shape index (κ3) is 3.84. The average Bonchev–Trinajstić information content (AvgIpc) is 2.37. The van der Waals surface area contributed by atoms with Crippen molar-refractivity contribution in [3.05, 3.63) is 28.2 Å². The van der Waals surface area contributed by atoms with E-state index in [0.717, 1.165) is 41.5 Å². The van der Waals surface area contributed by atoms with Crippen LogP contribution in [0.2, 0.25) is 0 Å². The highest BCUT2D eigenvalue weighted by Crippen LogP contribution is 2.27. The molecule has 2 nitrogen and oxygen atoms in total. The standard InChI is InChI=1S/C15H21BrO2/c1-4-6-11(7-5-2)15(17)13-9-8-12(18-3)10-14(13)16/h8-11H,4-7H2,1-3H3. The van der Waals surface area contributed by atoms with Crippen molar-refractivity contribution in [2.45, 2.75) is 39.5 Å². The van der Waals surface area contributed by atoms with Crippen molar-refractivity contribution < 1.29 is 9.53 Å². The number of hydrogen-bond donors (Lipinski definition) is 0. The summed E-state index contributed by atoms with van der Waals surface area (Å²) in [6.07, 6.45) is 4.02. The Morgan fingerprint density at radius 2 is 1.89 bits per heavy atom. The minimum Gasteiger partial charge on any atom is -0.497 e. The van der Waals surface area contributed by atoms with Gasteiger partial charge in [0, 0.05) is 16.0 Å². The van der Waals surface area contributed by atoms with Crippen molar-refractivity contribution in [1.82, 2.24) is 0 Å². The van der Waals surface area contributed by atoms with Crippen molar-refractivity contribution in [1.29, 1.82) is 0 Å². The van der Waals surface area contributed by atoms with Gasteiger partial charge in [-0.3, -0.25) is 4.79 Å². The summed E-state index contributed by atoms with van der Waals surface area (Å²) in [5.74, 6) is 1.15.